The number of carbonyl (C=O) groups is 1. The molecule has 1 aliphatic heterocycles. The summed E-state index contributed by atoms with van der Waals surface area (Å²) in [6.45, 7) is 0.951. The molecule has 6 nitrogen and oxygen atoms in total. The Kier molecular flexibility index (Phi) is 3.79. The second kappa shape index (κ2) is 5.73. The third kappa shape index (κ3) is 2.71. The minimum absolute atomic E-state index is 0.0811. The number of fused-ring (bicyclic) bond motifs is 1. The Morgan fingerprint density at radius 1 is 1.38 bits per heavy atom. The number of hydrogen-bond acceptors (Lipinski definition) is 5. The molecule has 7 heteroatoms. The maximum Gasteiger partial charge on any atom is 0.340 e. The molecule has 0 fully saturated rings. The fraction of sp³-hybridized carbons (Fsp3) is 0.357. The van der Waals surface area contributed by atoms with Crippen LogP contribution in [0, 0.1) is 0 Å². The van der Waals surface area contributed by atoms with Gasteiger partial charge in [0, 0.05) is 13.0 Å². The van der Waals surface area contributed by atoms with Crippen LogP contribution in [0.3, 0.4) is 0 Å². The normalized spacial score (nSPS) is 13.8. The van der Waals surface area contributed by atoms with Gasteiger partial charge in [-0.2, -0.15) is 0 Å². The van der Waals surface area contributed by atoms with E-state index in [0.29, 0.717) is 10.8 Å². The van der Waals surface area contributed by atoms with Crippen molar-refractivity contribution in [3.8, 4) is 0 Å². The van der Waals surface area contributed by atoms with Crippen LogP contribution >= 0.6 is 11.6 Å². The molecule has 3 rings (SSSR count). The summed E-state index contributed by atoms with van der Waals surface area (Å²) in [7, 11) is 0. The molecule has 1 aromatic heterocycles. The number of nitrogen functional groups attached to an aromatic ring is 1. The summed E-state index contributed by atoms with van der Waals surface area (Å²) in [5.41, 5.74) is 6.27. The molecule has 1 aliphatic rings. The van der Waals surface area contributed by atoms with Crippen molar-refractivity contribution in [1.29, 1.82) is 0 Å². The first-order chi connectivity index (χ1) is 10.2. The van der Waals surface area contributed by atoms with Crippen molar-refractivity contribution >= 4 is 23.3 Å². The van der Waals surface area contributed by atoms with Crippen LogP contribution in [0.15, 0.2) is 18.2 Å². The summed E-state index contributed by atoms with van der Waals surface area (Å²) in [6.07, 6.45) is 3.13. The summed E-state index contributed by atoms with van der Waals surface area (Å²) in [5.74, 6) is 1.11. The van der Waals surface area contributed by atoms with Crippen LogP contribution in [0.1, 0.15) is 34.8 Å². The fourth-order valence-electron chi connectivity index (χ4n) is 2.40. The van der Waals surface area contributed by atoms with Gasteiger partial charge in [-0.1, -0.05) is 17.7 Å². The molecule has 0 saturated carbocycles. The van der Waals surface area contributed by atoms with Crippen LogP contribution in [0.5, 0.6) is 0 Å². The second-order valence-electron chi connectivity index (χ2n) is 4.92. The molecular formula is C14H15ClN4O2. The number of para-hydroxylation sites is 1. The summed E-state index contributed by atoms with van der Waals surface area (Å²) in [4.78, 5) is 12.1. The van der Waals surface area contributed by atoms with E-state index in [2.05, 4.69) is 10.2 Å². The molecule has 2 heterocycles. The summed E-state index contributed by atoms with van der Waals surface area (Å²) in [5, 5.41) is 8.53. The van der Waals surface area contributed by atoms with E-state index in [9.17, 15) is 4.79 Å². The molecule has 0 spiro atoms. The van der Waals surface area contributed by atoms with Gasteiger partial charge in [0.05, 0.1) is 16.3 Å². The average molecular weight is 307 g/mol. The predicted octanol–water partition coefficient (Wildman–Crippen LogP) is 2.21. The lowest BCUT2D eigenvalue weighted by Crippen LogP contribution is -2.15. The van der Waals surface area contributed by atoms with Gasteiger partial charge in [0.15, 0.2) is 12.4 Å². The van der Waals surface area contributed by atoms with Crippen LogP contribution in [-0.4, -0.2) is 20.7 Å². The minimum atomic E-state index is -0.511. The molecule has 0 radical (unpaired) electrons. The van der Waals surface area contributed by atoms with Crippen LogP contribution in [0.4, 0.5) is 5.69 Å². The van der Waals surface area contributed by atoms with E-state index in [1.165, 1.54) is 0 Å². The number of aryl methyl sites for hydroxylation is 1. The van der Waals surface area contributed by atoms with Crippen molar-refractivity contribution in [1.82, 2.24) is 14.8 Å². The molecular weight excluding hydrogens is 292 g/mol. The summed E-state index contributed by atoms with van der Waals surface area (Å²) < 4.78 is 7.29. The number of ether oxygens (including phenoxy) is 1. The first-order valence-corrected chi connectivity index (χ1v) is 7.16. The third-order valence-corrected chi connectivity index (χ3v) is 3.87. The summed E-state index contributed by atoms with van der Waals surface area (Å²) >= 11 is 5.89. The van der Waals surface area contributed by atoms with Crippen molar-refractivity contribution in [3.05, 3.63) is 40.4 Å². The summed E-state index contributed by atoms with van der Waals surface area (Å²) in [6, 6.07) is 4.87. The molecule has 110 valence electrons. The van der Waals surface area contributed by atoms with Crippen LogP contribution in [0.25, 0.3) is 0 Å². The number of anilines is 1. The smallest absolute Gasteiger partial charge is 0.340 e. The van der Waals surface area contributed by atoms with E-state index in [4.69, 9.17) is 22.1 Å². The molecule has 21 heavy (non-hydrogen) atoms. The lowest BCUT2D eigenvalue weighted by Gasteiger charge is -2.14. The number of carbonyl (C=O) groups excluding carboxylic acids is 1. The zero-order valence-electron chi connectivity index (χ0n) is 11.4. The Hall–Kier alpha value is -2.08. The number of benzene rings is 1. The predicted molar refractivity (Wildman–Crippen MR) is 77.9 cm³/mol. The first-order valence-electron chi connectivity index (χ1n) is 6.79. The Morgan fingerprint density at radius 2 is 2.24 bits per heavy atom. The Bertz CT molecular complexity index is 684. The zero-order valence-corrected chi connectivity index (χ0v) is 12.1. The van der Waals surface area contributed by atoms with Crippen LogP contribution < -0.4 is 5.73 Å². The molecule has 2 N–H and O–H groups in total. The van der Waals surface area contributed by atoms with Gasteiger partial charge >= 0.3 is 5.97 Å². The third-order valence-electron chi connectivity index (χ3n) is 3.54. The number of aromatic nitrogens is 3. The second-order valence-corrected chi connectivity index (χ2v) is 5.33. The number of esters is 1. The molecule has 0 amide bonds. The van der Waals surface area contributed by atoms with Gasteiger partial charge in [-0.3, -0.25) is 0 Å². The molecule has 0 bridgehead atoms. The van der Waals surface area contributed by atoms with Crippen molar-refractivity contribution in [3.63, 3.8) is 0 Å². The number of hydrogen-bond donors (Lipinski definition) is 1. The van der Waals surface area contributed by atoms with Crippen molar-refractivity contribution in [2.75, 3.05) is 5.73 Å². The highest BCUT2D eigenvalue weighted by molar-refractivity contribution is 6.33. The largest absolute Gasteiger partial charge is 0.454 e. The van der Waals surface area contributed by atoms with Gasteiger partial charge in [0.2, 0.25) is 0 Å². The topological polar surface area (TPSA) is 83.0 Å². The van der Waals surface area contributed by atoms with Crippen molar-refractivity contribution < 1.29 is 9.53 Å². The molecule has 0 saturated heterocycles. The van der Waals surface area contributed by atoms with Gasteiger partial charge in [0.25, 0.3) is 0 Å². The number of nitrogens with two attached hydrogens (primary N) is 1. The minimum Gasteiger partial charge on any atom is -0.454 e. The van der Waals surface area contributed by atoms with E-state index < -0.39 is 5.97 Å². The van der Waals surface area contributed by atoms with Crippen LogP contribution in [-0.2, 0) is 24.3 Å². The van der Waals surface area contributed by atoms with Crippen molar-refractivity contribution in [2.24, 2.45) is 0 Å². The Labute approximate surface area is 126 Å². The Morgan fingerprint density at radius 3 is 3.10 bits per heavy atom. The van der Waals surface area contributed by atoms with E-state index in [-0.39, 0.29) is 17.9 Å². The quantitative estimate of drug-likeness (QED) is 0.694. The van der Waals surface area contributed by atoms with Gasteiger partial charge in [-0.25, -0.2) is 4.79 Å². The number of nitrogens with zero attached hydrogens (tertiary/aromatic N) is 3. The van der Waals surface area contributed by atoms with Crippen molar-refractivity contribution in [2.45, 2.75) is 32.4 Å². The zero-order chi connectivity index (χ0) is 14.8. The maximum atomic E-state index is 12.1. The van der Waals surface area contributed by atoms with E-state index in [0.717, 1.165) is 31.6 Å². The standard InChI is InChI=1S/C14H15ClN4O2/c15-10-5-3-4-9(13(10)16)14(20)21-8-12-18-17-11-6-1-2-7-19(11)12/h3-5H,1-2,6-8,16H2. The molecule has 0 atom stereocenters. The van der Waals surface area contributed by atoms with Gasteiger partial charge in [-0.15, -0.1) is 10.2 Å². The lowest BCUT2D eigenvalue weighted by molar-refractivity contribution is 0.0458. The number of halogens is 1. The molecule has 1 aromatic carbocycles. The number of rotatable bonds is 3. The maximum absolute atomic E-state index is 12.1. The van der Waals surface area contributed by atoms with Gasteiger partial charge in [-0.05, 0) is 25.0 Å². The van der Waals surface area contributed by atoms with Crippen LogP contribution in [0.2, 0.25) is 5.02 Å². The monoisotopic (exact) mass is 306 g/mol. The van der Waals surface area contributed by atoms with Gasteiger partial charge in [0.1, 0.15) is 5.82 Å². The average Bonchev–Trinajstić information content (AvgIpc) is 2.91. The highest BCUT2D eigenvalue weighted by Gasteiger charge is 2.18. The van der Waals surface area contributed by atoms with Gasteiger partial charge < -0.3 is 15.0 Å². The van der Waals surface area contributed by atoms with E-state index in [1.54, 1.807) is 18.2 Å². The first kappa shape index (κ1) is 13.9. The molecule has 2 aromatic rings. The Balaban J connectivity index is 1.71. The highest BCUT2D eigenvalue weighted by atomic mass is 35.5. The van der Waals surface area contributed by atoms with E-state index >= 15 is 0 Å². The molecule has 0 unspecified atom stereocenters. The molecule has 0 aliphatic carbocycles. The fourth-order valence-corrected chi connectivity index (χ4v) is 2.57. The SMILES string of the molecule is Nc1c(Cl)cccc1C(=O)OCc1nnc2n1CCCC2. The highest BCUT2D eigenvalue weighted by Crippen LogP contribution is 2.23. The lowest BCUT2D eigenvalue weighted by atomic mass is 10.2. The van der Waals surface area contributed by atoms with E-state index in [1.807, 2.05) is 4.57 Å².